The fourth-order valence-corrected chi connectivity index (χ4v) is 1.23. The van der Waals surface area contributed by atoms with Crippen LogP contribution >= 0.6 is 11.6 Å². The Morgan fingerprint density at radius 1 is 1.90 bits per heavy atom. The molecule has 1 N–H and O–H groups in total. The highest BCUT2D eigenvalue weighted by molar-refractivity contribution is 7.79. The number of aromatic nitrogens is 2. The molecule has 1 rings (SSSR count). The minimum absolute atomic E-state index is 0.00386. The summed E-state index contributed by atoms with van der Waals surface area (Å²) in [7, 11) is 1.64. The lowest BCUT2D eigenvalue weighted by atomic mass is 10.9. The maximum atomic E-state index is 10.4. The number of nitrogens with zero attached hydrogens (tertiary/aromatic N) is 2. The third kappa shape index (κ3) is 1.21. The Hall–Kier alpha value is -0.390. The number of rotatable bonds is 1. The molecule has 0 aliphatic heterocycles. The summed E-state index contributed by atoms with van der Waals surface area (Å²) in [5, 5.41) is 0.199. The molecule has 0 fully saturated rings. The van der Waals surface area contributed by atoms with Gasteiger partial charge in [-0.05, 0) is 0 Å². The summed E-state index contributed by atoms with van der Waals surface area (Å²) in [6.45, 7) is 0. The van der Waals surface area contributed by atoms with Crippen molar-refractivity contribution >= 4 is 22.7 Å². The van der Waals surface area contributed by atoms with Crippen molar-refractivity contribution in [3.8, 4) is 0 Å². The first kappa shape index (κ1) is 7.71. The molecule has 10 heavy (non-hydrogen) atoms. The van der Waals surface area contributed by atoms with E-state index in [-0.39, 0.29) is 10.2 Å². The normalized spacial score (nSPS) is 13.5. The van der Waals surface area contributed by atoms with E-state index in [1.165, 1.54) is 10.9 Å². The van der Waals surface area contributed by atoms with E-state index in [0.29, 0.717) is 0 Å². The largest absolute Gasteiger partial charge is 0.324 e. The van der Waals surface area contributed by atoms with Crippen molar-refractivity contribution in [2.24, 2.45) is 7.05 Å². The predicted molar refractivity (Wildman–Crippen MR) is 37.3 cm³/mol. The summed E-state index contributed by atoms with van der Waals surface area (Å²) >= 11 is 3.47. The van der Waals surface area contributed by atoms with E-state index < -0.39 is 11.1 Å². The number of hydrogen-bond donors (Lipinski definition) is 1. The highest BCUT2D eigenvalue weighted by atomic mass is 35.5. The van der Waals surface area contributed by atoms with E-state index in [0.717, 1.165) is 0 Å². The summed E-state index contributed by atoms with van der Waals surface area (Å²) in [6.07, 6.45) is 1.38. The zero-order valence-corrected chi connectivity index (χ0v) is 6.69. The Labute approximate surface area is 65.1 Å². The van der Waals surface area contributed by atoms with Gasteiger partial charge in [-0.3, -0.25) is 0 Å². The maximum Gasteiger partial charge on any atom is 0.208 e. The van der Waals surface area contributed by atoms with Gasteiger partial charge in [0.15, 0.2) is 5.03 Å². The third-order valence-corrected chi connectivity index (χ3v) is 2.19. The highest BCUT2D eigenvalue weighted by Gasteiger charge is 2.10. The Balaban J connectivity index is 3.17. The van der Waals surface area contributed by atoms with Crippen LogP contribution in [-0.2, 0) is 18.1 Å². The minimum Gasteiger partial charge on any atom is -0.324 e. The van der Waals surface area contributed by atoms with Crippen LogP contribution in [0.4, 0.5) is 0 Å². The first-order valence-electron chi connectivity index (χ1n) is 2.40. The molecule has 0 radical (unpaired) electrons. The van der Waals surface area contributed by atoms with Crippen molar-refractivity contribution in [3.63, 3.8) is 0 Å². The lowest BCUT2D eigenvalue weighted by molar-refractivity contribution is 0.561. The standard InChI is InChI=1S/C4H5ClN2O2S/c1-7-2-6-4(3(7)5)10(8)9/h2H,1H3,(H,8,9). The second kappa shape index (κ2) is 2.69. The van der Waals surface area contributed by atoms with Gasteiger partial charge in [0.25, 0.3) is 0 Å². The Bertz CT molecular complexity index is 272. The molecule has 1 atom stereocenters. The van der Waals surface area contributed by atoms with Crippen molar-refractivity contribution < 1.29 is 8.76 Å². The van der Waals surface area contributed by atoms with Gasteiger partial charge < -0.3 is 9.12 Å². The zero-order valence-electron chi connectivity index (χ0n) is 5.11. The van der Waals surface area contributed by atoms with Crippen LogP contribution in [0.15, 0.2) is 11.4 Å². The molecule has 0 spiro atoms. The van der Waals surface area contributed by atoms with Gasteiger partial charge >= 0.3 is 0 Å². The molecule has 1 aromatic heterocycles. The van der Waals surface area contributed by atoms with E-state index in [4.69, 9.17) is 16.2 Å². The van der Waals surface area contributed by atoms with Crippen molar-refractivity contribution in [2.45, 2.75) is 5.03 Å². The molecular weight excluding hydrogens is 176 g/mol. The van der Waals surface area contributed by atoms with Crippen LogP contribution in [-0.4, -0.2) is 18.3 Å². The minimum atomic E-state index is -2.08. The Kier molecular flexibility index (Phi) is 2.08. The number of hydrogen-bond acceptors (Lipinski definition) is 2. The fraction of sp³-hybridized carbons (Fsp3) is 0.250. The van der Waals surface area contributed by atoms with Crippen molar-refractivity contribution in [3.05, 3.63) is 11.5 Å². The van der Waals surface area contributed by atoms with Gasteiger partial charge in [0.1, 0.15) is 5.15 Å². The summed E-state index contributed by atoms with van der Waals surface area (Å²) in [5.74, 6) is 0. The average molecular weight is 181 g/mol. The van der Waals surface area contributed by atoms with E-state index in [1.807, 2.05) is 0 Å². The predicted octanol–water partition coefficient (Wildman–Crippen LogP) is 0.654. The van der Waals surface area contributed by atoms with E-state index in [2.05, 4.69) is 4.98 Å². The van der Waals surface area contributed by atoms with Crippen LogP contribution in [0.5, 0.6) is 0 Å². The summed E-state index contributed by atoms with van der Waals surface area (Å²) in [4.78, 5) is 3.60. The molecule has 0 aliphatic carbocycles. The Morgan fingerprint density at radius 2 is 2.50 bits per heavy atom. The fourth-order valence-electron chi connectivity index (χ4n) is 0.511. The van der Waals surface area contributed by atoms with Crippen LogP contribution in [0.1, 0.15) is 0 Å². The van der Waals surface area contributed by atoms with E-state index >= 15 is 0 Å². The third-order valence-electron chi connectivity index (χ3n) is 1.000. The zero-order chi connectivity index (χ0) is 7.72. The van der Waals surface area contributed by atoms with Gasteiger partial charge in [0.2, 0.25) is 11.1 Å². The van der Waals surface area contributed by atoms with Crippen LogP contribution in [0.2, 0.25) is 5.15 Å². The van der Waals surface area contributed by atoms with Crippen molar-refractivity contribution in [1.82, 2.24) is 9.55 Å². The molecule has 6 heteroatoms. The summed E-state index contributed by atoms with van der Waals surface area (Å²) in [5.41, 5.74) is 0. The lowest BCUT2D eigenvalue weighted by Gasteiger charge is -1.90. The highest BCUT2D eigenvalue weighted by Crippen LogP contribution is 2.14. The molecule has 1 aromatic rings. The molecule has 0 saturated carbocycles. The second-order valence-corrected chi connectivity index (χ2v) is 2.94. The first-order chi connectivity index (χ1) is 4.63. The average Bonchev–Trinajstić information content (AvgIpc) is 2.14. The molecule has 1 heterocycles. The SMILES string of the molecule is Cn1cnc(S(=O)O)c1Cl. The summed E-state index contributed by atoms with van der Waals surface area (Å²) in [6, 6.07) is 0. The van der Waals surface area contributed by atoms with Gasteiger partial charge in [-0.1, -0.05) is 11.6 Å². The maximum absolute atomic E-state index is 10.4. The van der Waals surface area contributed by atoms with Gasteiger partial charge in [-0.25, -0.2) is 9.19 Å². The van der Waals surface area contributed by atoms with Gasteiger partial charge in [-0.2, -0.15) is 0 Å². The van der Waals surface area contributed by atoms with Gasteiger partial charge in [-0.15, -0.1) is 0 Å². The molecule has 1 unspecified atom stereocenters. The molecule has 0 bridgehead atoms. The molecule has 0 saturated heterocycles. The Morgan fingerprint density at radius 3 is 2.70 bits per heavy atom. The number of imidazole rings is 1. The molecule has 0 aliphatic rings. The van der Waals surface area contributed by atoms with Crippen molar-refractivity contribution in [2.75, 3.05) is 0 Å². The van der Waals surface area contributed by atoms with E-state index in [9.17, 15) is 4.21 Å². The van der Waals surface area contributed by atoms with Crippen molar-refractivity contribution in [1.29, 1.82) is 0 Å². The van der Waals surface area contributed by atoms with Crippen LogP contribution in [0, 0.1) is 0 Å². The van der Waals surface area contributed by atoms with Gasteiger partial charge in [0, 0.05) is 7.05 Å². The number of halogens is 1. The van der Waals surface area contributed by atoms with Gasteiger partial charge in [0.05, 0.1) is 6.33 Å². The number of aryl methyl sites for hydroxylation is 1. The van der Waals surface area contributed by atoms with Crippen LogP contribution in [0.25, 0.3) is 0 Å². The second-order valence-electron chi connectivity index (χ2n) is 1.70. The molecule has 0 amide bonds. The first-order valence-corrected chi connectivity index (χ1v) is 3.89. The van der Waals surface area contributed by atoms with E-state index in [1.54, 1.807) is 7.05 Å². The molecule has 0 aromatic carbocycles. The quantitative estimate of drug-likeness (QED) is 0.646. The van der Waals surface area contributed by atoms with Crippen LogP contribution in [0.3, 0.4) is 0 Å². The smallest absolute Gasteiger partial charge is 0.208 e. The summed E-state index contributed by atoms with van der Waals surface area (Å²) < 4.78 is 20.4. The molecule has 56 valence electrons. The monoisotopic (exact) mass is 180 g/mol. The molecule has 4 nitrogen and oxygen atoms in total. The molecular formula is C4H5ClN2O2S. The lowest BCUT2D eigenvalue weighted by Crippen LogP contribution is -1.90. The topological polar surface area (TPSA) is 55.1 Å². The van der Waals surface area contributed by atoms with Crippen LogP contribution < -0.4 is 0 Å².